The van der Waals surface area contributed by atoms with Crippen LogP contribution in [0.4, 0.5) is 4.79 Å². The quantitative estimate of drug-likeness (QED) is 0.696. The summed E-state index contributed by atoms with van der Waals surface area (Å²) < 4.78 is 18.3. The molecule has 21 heavy (non-hydrogen) atoms. The van der Waals surface area contributed by atoms with E-state index in [0.717, 1.165) is 4.90 Å². The molecule has 0 aromatic rings. The van der Waals surface area contributed by atoms with Crippen molar-refractivity contribution in [2.45, 2.75) is 72.1 Å². The molecule has 0 aromatic carbocycles. The zero-order valence-electron chi connectivity index (χ0n) is 14.7. The summed E-state index contributed by atoms with van der Waals surface area (Å²) in [6.07, 6.45) is -2.11. The molecule has 6 heteroatoms. The van der Waals surface area contributed by atoms with Crippen LogP contribution in [0.5, 0.6) is 0 Å². The van der Waals surface area contributed by atoms with Gasteiger partial charge in [0, 0.05) is 7.77 Å². The van der Waals surface area contributed by atoms with E-state index < -0.39 is 47.5 Å². The average Bonchev–Trinajstić information content (AvgIpc) is 2.49. The molecule has 1 aliphatic rings. The highest BCUT2D eigenvalue weighted by atomic mass is 16.6. The lowest BCUT2D eigenvalue weighted by atomic mass is 10.0. The van der Waals surface area contributed by atoms with Crippen molar-refractivity contribution >= 4 is 18.0 Å². The first-order chi connectivity index (χ1) is 9.74. The molecule has 2 amide bonds. The predicted molar refractivity (Wildman–Crippen MR) is 76.5 cm³/mol. The summed E-state index contributed by atoms with van der Waals surface area (Å²) in [6, 6.07) is -1.14. The Hall–Kier alpha value is -1.59. The summed E-state index contributed by atoms with van der Waals surface area (Å²) in [5, 5.41) is 0. The van der Waals surface area contributed by atoms with E-state index in [4.69, 9.17) is 10.8 Å². The van der Waals surface area contributed by atoms with Gasteiger partial charge < -0.3 is 9.47 Å². The minimum atomic E-state index is -1.19. The van der Waals surface area contributed by atoms with Crippen molar-refractivity contribution in [2.24, 2.45) is 5.92 Å². The lowest BCUT2D eigenvalue weighted by Gasteiger charge is -2.29. The fourth-order valence-corrected chi connectivity index (χ4v) is 1.97. The number of rotatable bonds is 1. The van der Waals surface area contributed by atoms with E-state index in [2.05, 4.69) is 0 Å². The Bertz CT molecular complexity index is 477. The molecule has 1 heterocycles. The molecule has 1 unspecified atom stereocenters. The Morgan fingerprint density at radius 3 is 2.05 bits per heavy atom. The summed E-state index contributed by atoms with van der Waals surface area (Å²) in [7, 11) is 0. The maximum Gasteiger partial charge on any atom is 0.417 e. The number of carbonyl (C=O) groups is 3. The molecule has 0 spiro atoms. The van der Waals surface area contributed by atoms with Gasteiger partial charge in [0.05, 0.1) is 0 Å². The molecule has 1 saturated heterocycles. The molecule has 6 nitrogen and oxygen atoms in total. The van der Waals surface area contributed by atoms with Crippen molar-refractivity contribution in [2.75, 3.05) is 0 Å². The Morgan fingerprint density at radius 1 is 1.14 bits per heavy atom. The monoisotopic (exact) mass is 300 g/mol. The van der Waals surface area contributed by atoms with Crippen LogP contribution in [0.1, 0.15) is 56.2 Å². The molecular formula is C15H25NO5. The molecule has 1 fully saturated rings. The van der Waals surface area contributed by atoms with E-state index in [9.17, 15) is 14.4 Å². The van der Waals surface area contributed by atoms with Crippen molar-refractivity contribution in [1.29, 1.82) is 0 Å². The van der Waals surface area contributed by atoms with E-state index in [1.807, 2.05) is 0 Å². The van der Waals surface area contributed by atoms with Gasteiger partial charge >= 0.3 is 12.1 Å². The van der Waals surface area contributed by atoms with Crippen LogP contribution in [0.25, 0.3) is 0 Å². The van der Waals surface area contributed by atoms with E-state index in [0.29, 0.717) is 0 Å². The first-order valence-corrected chi connectivity index (χ1v) is 6.96. The molecule has 1 aliphatic heterocycles. The molecule has 0 aromatic heterocycles. The van der Waals surface area contributed by atoms with Gasteiger partial charge in [0.1, 0.15) is 17.2 Å². The van der Waals surface area contributed by atoms with Gasteiger partial charge in [-0.2, -0.15) is 0 Å². The Balaban J connectivity index is 3.07. The van der Waals surface area contributed by atoms with Crippen LogP contribution in [0.3, 0.4) is 0 Å². The van der Waals surface area contributed by atoms with Crippen LogP contribution in [0, 0.1) is 5.92 Å². The van der Waals surface area contributed by atoms with Crippen LogP contribution in [-0.4, -0.2) is 40.1 Å². The van der Waals surface area contributed by atoms with Gasteiger partial charge in [-0.15, -0.1) is 0 Å². The number of hydrogen-bond acceptors (Lipinski definition) is 5. The third-order valence-corrected chi connectivity index (χ3v) is 2.66. The van der Waals surface area contributed by atoms with Gasteiger partial charge in [-0.1, -0.05) is 6.92 Å². The van der Waals surface area contributed by atoms with E-state index in [1.54, 1.807) is 48.5 Å². The predicted octanol–water partition coefficient (Wildman–Crippen LogP) is 2.50. The first-order valence-electron chi connectivity index (χ1n) is 7.53. The van der Waals surface area contributed by atoms with Crippen molar-refractivity contribution in [1.82, 2.24) is 4.90 Å². The number of esters is 1. The Kier molecular flexibility index (Phi) is 4.25. The molecule has 0 bridgehead atoms. The van der Waals surface area contributed by atoms with Gasteiger partial charge in [0.2, 0.25) is 5.91 Å². The fraction of sp³-hybridized carbons (Fsp3) is 0.800. The number of likely N-dealkylation sites (tertiary alicyclic amines) is 1. The molecule has 120 valence electrons. The highest BCUT2D eigenvalue weighted by molar-refractivity contribution is 6.00. The van der Waals surface area contributed by atoms with Crippen LogP contribution < -0.4 is 0 Å². The third-order valence-electron chi connectivity index (χ3n) is 2.66. The second-order valence-electron chi connectivity index (χ2n) is 7.19. The van der Waals surface area contributed by atoms with Gasteiger partial charge in [0.25, 0.3) is 0 Å². The van der Waals surface area contributed by atoms with Crippen LogP contribution >= 0.6 is 0 Å². The molecule has 0 aliphatic carbocycles. The van der Waals surface area contributed by atoms with Crippen LogP contribution in [-0.2, 0) is 19.1 Å². The smallest absolute Gasteiger partial charge is 0.417 e. The standard InChI is InChI=1S/C15H25NO5/c1-9-8-10(17)16(13(19)21-15(5,6)7)11(9)12(18)20-14(2,3)4/h9,11H,8H2,1-7H3/t9-,11-/m0/s1/i8D/t8?,9-,11-. The van der Waals surface area contributed by atoms with Gasteiger partial charge in [0.15, 0.2) is 0 Å². The van der Waals surface area contributed by atoms with Crippen molar-refractivity contribution < 1.29 is 25.2 Å². The minimum Gasteiger partial charge on any atom is -0.458 e. The van der Waals surface area contributed by atoms with Gasteiger partial charge in [-0.05, 0) is 47.5 Å². The number of hydrogen-bond donors (Lipinski definition) is 0. The van der Waals surface area contributed by atoms with Crippen molar-refractivity contribution in [3.05, 3.63) is 0 Å². The number of ether oxygens (including phenoxy) is 2. The summed E-state index contributed by atoms with van der Waals surface area (Å²) >= 11 is 0. The summed E-state index contributed by atoms with van der Waals surface area (Å²) in [5.41, 5.74) is -1.56. The molecule has 0 saturated carbocycles. The Labute approximate surface area is 127 Å². The van der Waals surface area contributed by atoms with Crippen molar-refractivity contribution in [3.63, 3.8) is 0 Å². The van der Waals surface area contributed by atoms with E-state index in [-0.39, 0.29) is 0 Å². The molecule has 1 rings (SSSR count). The second-order valence-corrected chi connectivity index (χ2v) is 7.19. The van der Waals surface area contributed by atoms with Gasteiger partial charge in [-0.25, -0.2) is 14.5 Å². The summed E-state index contributed by atoms with van der Waals surface area (Å²) in [5.74, 6) is -2.10. The topological polar surface area (TPSA) is 72.9 Å². The second kappa shape index (κ2) is 5.66. The Morgan fingerprint density at radius 2 is 1.62 bits per heavy atom. The fourth-order valence-electron chi connectivity index (χ4n) is 1.97. The third kappa shape index (κ3) is 4.72. The van der Waals surface area contributed by atoms with E-state index >= 15 is 0 Å². The highest BCUT2D eigenvalue weighted by Crippen LogP contribution is 2.29. The minimum absolute atomic E-state index is 0.658. The molecule has 3 atom stereocenters. The number of amides is 2. The summed E-state index contributed by atoms with van der Waals surface area (Å²) in [6.45, 7) is 11.7. The van der Waals surface area contributed by atoms with Gasteiger partial charge in [-0.3, -0.25) is 4.79 Å². The van der Waals surface area contributed by atoms with Crippen LogP contribution in [0.15, 0.2) is 0 Å². The molecular weight excluding hydrogens is 274 g/mol. The molecule has 0 radical (unpaired) electrons. The van der Waals surface area contributed by atoms with Crippen LogP contribution in [0.2, 0.25) is 0 Å². The zero-order valence-corrected chi connectivity index (χ0v) is 13.7. The first kappa shape index (κ1) is 15.8. The number of carbonyl (C=O) groups excluding carboxylic acids is 3. The molecule has 0 N–H and O–H groups in total. The lowest BCUT2D eigenvalue weighted by Crippen LogP contribution is -2.48. The maximum absolute atomic E-state index is 12.3. The number of imide groups is 1. The normalized spacial score (nSPS) is 27.4. The number of nitrogens with zero attached hydrogens (tertiary/aromatic N) is 1. The zero-order chi connectivity index (χ0) is 17.5. The maximum atomic E-state index is 12.3. The highest BCUT2D eigenvalue weighted by Gasteiger charge is 2.48. The SMILES string of the molecule is [2H]C1C(=O)N(C(=O)OC(C)(C)C)[C@H](C(=O)OC(C)(C)C)[C@H]1C. The average molecular weight is 300 g/mol. The largest absolute Gasteiger partial charge is 0.458 e. The summed E-state index contributed by atoms with van der Waals surface area (Å²) in [4.78, 5) is 37.4. The van der Waals surface area contributed by atoms with E-state index in [1.165, 1.54) is 0 Å². The lowest BCUT2D eigenvalue weighted by molar-refractivity contribution is -0.162. The van der Waals surface area contributed by atoms with Crippen molar-refractivity contribution in [3.8, 4) is 0 Å².